The topological polar surface area (TPSA) is 91.4 Å². The summed E-state index contributed by atoms with van der Waals surface area (Å²) in [5.41, 5.74) is 0.528. The van der Waals surface area contributed by atoms with Gasteiger partial charge in [-0.2, -0.15) is 0 Å². The Labute approximate surface area is 200 Å². The van der Waals surface area contributed by atoms with Crippen molar-refractivity contribution in [2.45, 2.75) is 32.5 Å². The number of methoxy groups -OCH3 is 1. The van der Waals surface area contributed by atoms with Crippen molar-refractivity contribution in [3.8, 4) is 5.75 Å². The molecular weight excluding hydrogens is 454 g/mol. The largest absolute Gasteiger partial charge is 0.497 e. The first-order valence-electron chi connectivity index (χ1n) is 10.9. The molecule has 34 heavy (non-hydrogen) atoms. The van der Waals surface area contributed by atoms with Crippen molar-refractivity contribution in [3.05, 3.63) is 79.4 Å². The quantitative estimate of drug-likeness (QED) is 0.385. The molecule has 0 N–H and O–H groups in total. The van der Waals surface area contributed by atoms with Gasteiger partial charge in [-0.15, -0.1) is 11.3 Å². The van der Waals surface area contributed by atoms with E-state index in [0.717, 1.165) is 22.3 Å². The Morgan fingerprint density at radius 1 is 1.15 bits per heavy atom. The van der Waals surface area contributed by atoms with Crippen LogP contribution in [0.15, 0.2) is 57.7 Å². The van der Waals surface area contributed by atoms with Crippen molar-refractivity contribution in [1.82, 2.24) is 23.6 Å². The minimum absolute atomic E-state index is 0.0606. The van der Waals surface area contributed by atoms with Gasteiger partial charge in [-0.25, -0.2) is 9.78 Å². The van der Waals surface area contributed by atoms with Gasteiger partial charge in [0.1, 0.15) is 12.3 Å². The van der Waals surface area contributed by atoms with Gasteiger partial charge in [0.15, 0.2) is 11.2 Å². The molecule has 0 saturated carbocycles. The van der Waals surface area contributed by atoms with Crippen LogP contribution < -0.4 is 16.0 Å². The van der Waals surface area contributed by atoms with Crippen LogP contribution in [0.25, 0.3) is 11.2 Å². The maximum Gasteiger partial charge on any atom is 0.332 e. The van der Waals surface area contributed by atoms with E-state index in [4.69, 9.17) is 4.74 Å². The zero-order valence-electron chi connectivity index (χ0n) is 19.6. The van der Waals surface area contributed by atoms with Crippen LogP contribution in [-0.4, -0.2) is 42.6 Å². The monoisotopic (exact) mass is 481 g/mol. The highest BCUT2D eigenvalue weighted by Crippen LogP contribution is 2.19. The molecule has 1 aromatic carbocycles. The van der Waals surface area contributed by atoms with Gasteiger partial charge < -0.3 is 14.2 Å². The maximum atomic E-state index is 13.6. The van der Waals surface area contributed by atoms with Gasteiger partial charge >= 0.3 is 5.69 Å². The number of imidazole rings is 1. The van der Waals surface area contributed by atoms with Gasteiger partial charge in [-0.1, -0.05) is 18.2 Å². The molecular formula is C24H27N5O4S. The zero-order chi connectivity index (χ0) is 24.4. The van der Waals surface area contributed by atoms with E-state index in [0.29, 0.717) is 6.54 Å². The van der Waals surface area contributed by atoms with E-state index in [1.54, 1.807) is 25.5 Å². The summed E-state index contributed by atoms with van der Waals surface area (Å²) in [7, 11) is 4.59. The van der Waals surface area contributed by atoms with Crippen molar-refractivity contribution in [3.63, 3.8) is 0 Å². The average Bonchev–Trinajstić information content (AvgIpc) is 3.50. The lowest BCUT2D eigenvalue weighted by molar-refractivity contribution is -0.134. The van der Waals surface area contributed by atoms with Crippen molar-refractivity contribution in [2.75, 3.05) is 7.11 Å². The van der Waals surface area contributed by atoms with Gasteiger partial charge in [0.05, 0.1) is 13.4 Å². The Balaban J connectivity index is 1.66. The number of amides is 1. The van der Waals surface area contributed by atoms with Crippen LogP contribution in [0.3, 0.4) is 0 Å². The molecule has 0 fully saturated rings. The second-order valence-corrected chi connectivity index (χ2v) is 9.28. The Morgan fingerprint density at radius 3 is 2.53 bits per heavy atom. The normalized spacial score (nSPS) is 12.1. The Morgan fingerprint density at radius 2 is 1.88 bits per heavy atom. The molecule has 0 aliphatic heterocycles. The number of benzene rings is 1. The number of aryl methyl sites for hydroxylation is 1. The van der Waals surface area contributed by atoms with Gasteiger partial charge in [-0.3, -0.25) is 18.7 Å². The summed E-state index contributed by atoms with van der Waals surface area (Å²) in [6, 6.07) is 11.6. The second-order valence-electron chi connectivity index (χ2n) is 8.25. The highest BCUT2D eigenvalue weighted by molar-refractivity contribution is 7.09. The number of hydrogen-bond acceptors (Lipinski definition) is 6. The summed E-state index contributed by atoms with van der Waals surface area (Å²) in [6.07, 6.45) is 2.17. The number of rotatable bonds is 8. The van der Waals surface area contributed by atoms with E-state index >= 15 is 0 Å². The Bertz CT molecular complexity index is 1420. The number of thiophene rings is 1. The van der Waals surface area contributed by atoms with Crippen molar-refractivity contribution in [1.29, 1.82) is 0 Å². The molecule has 178 valence electrons. The number of nitrogens with zero attached hydrogens (tertiary/aromatic N) is 5. The maximum absolute atomic E-state index is 13.6. The van der Waals surface area contributed by atoms with E-state index in [2.05, 4.69) is 11.1 Å². The third kappa shape index (κ3) is 4.54. The van der Waals surface area contributed by atoms with Crippen LogP contribution in [0, 0.1) is 0 Å². The van der Waals surface area contributed by atoms with Crippen LogP contribution in [-0.2, 0) is 38.4 Å². The number of fused-ring (bicyclic) bond motifs is 1. The molecule has 10 heteroatoms. The molecule has 0 saturated heterocycles. The molecule has 4 rings (SSSR count). The van der Waals surface area contributed by atoms with E-state index in [9.17, 15) is 14.4 Å². The smallest absolute Gasteiger partial charge is 0.332 e. The van der Waals surface area contributed by atoms with E-state index in [-0.39, 0.29) is 29.7 Å². The fraction of sp³-hybridized carbons (Fsp3) is 0.333. The number of aromatic nitrogens is 4. The minimum atomic E-state index is -0.475. The fourth-order valence-corrected chi connectivity index (χ4v) is 4.83. The molecule has 1 unspecified atom stereocenters. The lowest BCUT2D eigenvalue weighted by Gasteiger charge is -2.29. The third-order valence-corrected chi connectivity index (χ3v) is 6.86. The molecule has 4 aromatic rings. The molecule has 0 aliphatic rings. The van der Waals surface area contributed by atoms with Crippen LogP contribution in [0.1, 0.15) is 17.4 Å². The molecule has 1 atom stereocenters. The second kappa shape index (κ2) is 9.68. The van der Waals surface area contributed by atoms with E-state index in [1.807, 2.05) is 47.5 Å². The summed E-state index contributed by atoms with van der Waals surface area (Å²) in [5.74, 6) is 0.606. The van der Waals surface area contributed by atoms with Gasteiger partial charge in [-0.05, 0) is 36.1 Å². The van der Waals surface area contributed by atoms with Crippen LogP contribution >= 0.6 is 11.3 Å². The van der Waals surface area contributed by atoms with Gasteiger partial charge in [0.25, 0.3) is 5.56 Å². The van der Waals surface area contributed by atoms with Crippen molar-refractivity contribution >= 4 is 28.4 Å². The van der Waals surface area contributed by atoms with Crippen LogP contribution in [0.5, 0.6) is 5.75 Å². The molecule has 0 spiro atoms. The lowest BCUT2D eigenvalue weighted by Crippen LogP contribution is -2.42. The zero-order valence-corrected chi connectivity index (χ0v) is 20.4. The molecule has 9 nitrogen and oxygen atoms in total. The van der Waals surface area contributed by atoms with Crippen molar-refractivity contribution in [2.24, 2.45) is 14.1 Å². The van der Waals surface area contributed by atoms with Crippen LogP contribution in [0.4, 0.5) is 0 Å². The first-order valence-corrected chi connectivity index (χ1v) is 11.7. The van der Waals surface area contributed by atoms with Gasteiger partial charge in [0.2, 0.25) is 5.91 Å². The van der Waals surface area contributed by atoms with Crippen molar-refractivity contribution < 1.29 is 9.53 Å². The average molecular weight is 482 g/mol. The number of ether oxygens (including phenoxy) is 1. The summed E-state index contributed by atoms with van der Waals surface area (Å²) < 4.78 is 9.11. The highest BCUT2D eigenvalue weighted by Gasteiger charge is 2.23. The van der Waals surface area contributed by atoms with Crippen LogP contribution in [0.2, 0.25) is 0 Å². The molecule has 1 amide bonds. The molecule has 3 heterocycles. The summed E-state index contributed by atoms with van der Waals surface area (Å²) in [5, 5.41) is 2.02. The fourth-order valence-electron chi connectivity index (χ4n) is 4.00. The molecule has 0 radical (unpaired) electrons. The van der Waals surface area contributed by atoms with Gasteiger partial charge in [0, 0.05) is 38.0 Å². The summed E-state index contributed by atoms with van der Waals surface area (Å²) in [4.78, 5) is 45.8. The summed E-state index contributed by atoms with van der Waals surface area (Å²) in [6.45, 7) is 2.38. The minimum Gasteiger partial charge on any atom is -0.497 e. The number of hydrogen-bond donors (Lipinski definition) is 0. The predicted octanol–water partition coefficient (Wildman–Crippen LogP) is 2.16. The lowest BCUT2D eigenvalue weighted by atomic mass is 10.1. The number of carbonyl (C=O) groups excluding carboxylic acids is 1. The predicted molar refractivity (Wildman–Crippen MR) is 131 cm³/mol. The first-order chi connectivity index (χ1) is 16.3. The third-order valence-electron chi connectivity index (χ3n) is 5.96. The Hall–Kier alpha value is -3.66. The van der Waals surface area contributed by atoms with E-state index in [1.165, 1.54) is 27.4 Å². The molecule has 0 aliphatic carbocycles. The highest BCUT2D eigenvalue weighted by atomic mass is 32.1. The Kier molecular flexibility index (Phi) is 6.69. The van der Waals surface area contributed by atoms with E-state index < -0.39 is 11.2 Å². The first kappa shape index (κ1) is 23.5. The standard InChI is InChI=1S/C24H27N5O4S/c1-16(12-19-6-5-11-34-19)29(13-17-7-9-18(33-4)10-8-17)20(30)14-28-15-25-22-21(28)23(31)27(3)24(32)26(22)2/h5-11,15-16H,12-14H2,1-4H3. The summed E-state index contributed by atoms with van der Waals surface area (Å²) >= 11 is 1.66. The molecule has 0 bridgehead atoms. The molecule has 3 aromatic heterocycles. The SMILES string of the molecule is COc1ccc(CN(C(=O)Cn2cnc3c2c(=O)n(C)c(=O)n3C)C(C)Cc2cccs2)cc1. The number of carbonyl (C=O) groups is 1.